The predicted molar refractivity (Wildman–Crippen MR) is 88.8 cm³/mol. The summed E-state index contributed by atoms with van der Waals surface area (Å²) >= 11 is 0. The zero-order valence-corrected chi connectivity index (χ0v) is 13.2. The Labute approximate surface area is 138 Å². The van der Waals surface area contributed by atoms with E-state index in [2.05, 4.69) is 35.4 Å². The van der Waals surface area contributed by atoms with Crippen molar-refractivity contribution in [2.24, 2.45) is 0 Å². The highest BCUT2D eigenvalue weighted by Crippen LogP contribution is 2.22. The number of aromatic amines is 1. The number of ether oxygens (including phenoxy) is 2. The van der Waals surface area contributed by atoms with E-state index in [0.717, 1.165) is 29.7 Å². The summed E-state index contributed by atoms with van der Waals surface area (Å²) in [6.07, 6.45) is 1.78. The first-order chi connectivity index (χ1) is 11.8. The van der Waals surface area contributed by atoms with E-state index in [0.29, 0.717) is 25.1 Å². The van der Waals surface area contributed by atoms with Gasteiger partial charge in [0.05, 0.1) is 32.0 Å². The number of rotatable bonds is 4. The van der Waals surface area contributed by atoms with Gasteiger partial charge in [0.2, 0.25) is 11.9 Å². The molecule has 2 N–H and O–H groups in total. The Morgan fingerprint density at radius 3 is 2.92 bits per heavy atom. The van der Waals surface area contributed by atoms with Crippen LogP contribution in [-0.4, -0.2) is 58.6 Å². The highest BCUT2D eigenvalue weighted by Gasteiger charge is 2.17. The molecule has 0 unspecified atom stereocenters. The van der Waals surface area contributed by atoms with E-state index in [-0.39, 0.29) is 6.01 Å². The fourth-order valence-corrected chi connectivity index (χ4v) is 2.54. The van der Waals surface area contributed by atoms with Crippen molar-refractivity contribution in [1.82, 2.24) is 25.1 Å². The first kappa shape index (κ1) is 14.6. The Bertz CT molecular complexity index is 845. The Morgan fingerprint density at radius 1 is 1.21 bits per heavy atom. The average Bonchev–Trinajstić information content (AvgIpc) is 3.10. The SMILES string of the molecule is COc1nc(Nc2ccc3cn[nH]c3c2)nc(N2CCOCC2)n1. The number of nitrogens with one attached hydrogen (secondary N) is 2. The van der Waals surface area contributed by atoms with Gasteiger partial charge in [0.1, 0.15) is 0 Å². The number of nitrogens with zero attached hydrogens (tertiary/aromatic N) is 5. The minimum atomic E-state index is 0.275. The number of anilines is 3. The second-order valence-electron chi connectivity index (χ2n) is 5.34. The minimum absolute atomic E-state index is 0.275. The van der Waals surface area contributed by atoms with E-state index in [9.17, 15) is 0 Å². The molecule has 3 aromatic rings. The van der Waals surface area contributed by atoms with Crippen molar-refractivity contribution >= 4 is 28.5 Å². The Balaban J connectivity index is 1.63. The van der Waals surface area contributed by atoms with Gasteiger partial charge in [0, 0.05) is 24.2 Å². The lowest BCUT2D eigenvalue weighted by Crippen LogP contribution is -2.37. The molecule has 1 saturated heterocycles. The van der Waals surface area contributed by atoms with E-state index in [1.165, 1.54) is 0 Å². The lowest BCUT2D eigenvalue weighted by Gasteiger charge is -2.26. The maximum atomic E-state index is 5.37. The topological polar surface area (TPSA) is 101 Å². The van der Waals surface area contributed by atoms with E-state index in [4.69, 9.17) is 9.47 Å². The molecule has 0 aliphatic carbocycles. The quantitative estimate of drug-likeness (QED) is 0.740. The molecule has 0 saturated carbocycles. The van der Waals surface area contributed by atoms with Gasteiger partial charge in [-0.3, -0.25) is 5.10 Å². The Kier molecular flexibility index (Phi) is 3.83. The van der Waals surface area contributed by atoms with Crippen LogP contribution in [0.5, 0.6) is 6.01 Å². The van der Waals surface area contributed by atoms with Crippen LogP contribution < -0.4 is 15.0 Å². The van der Waals surface area contributed by atoms with Crippen LogP contribution in [0.2, 0.25) is 0 Å². The normalized spacial score (nSPS) is 14.8. The molecule has 4 rings (SSSR count). The summed E-state index contributed by atoms with van der Waals surface area (Å²) in [7, 11) is 1.54. The average molecular weight is 327 g/mol. The molecule has 2 aromatic heterocycles. The van der Waals surface area contributed by atoms with Crippen molar-refractivity contribution in [3.8, 4) is 6.01 Å². The van der Waals surface area contributed by atoms with Crippen molar-refractivity contribution < 1.29 is 9.47 Å². The summed E-state index contributed by atoms with van der Waals surface area (Å²) in [4.78, 5) is 15.2. The summed E-state index contributed by atoms with van der Waals surface area (Å²) in [5.41, 5.74) is 1.79. The highest BCUT2D eigenvalue weighted by atomic mass is 16.5. The van der Waals surface area contributed by atoms with Crippen molar-refractivity contribution in [3.05, 3.63) is 24.4 Å². The molecule has 24 heavy (non-hydrogen) atoms. The van der Waals surface area contributed by atoms with Crippen LogP contribution in [0.25, 0.3) is 10.9 Å². The maximum Gasteiger partial charge on any atom is 0.322 e. The molecule has 1 aromatic carbocycles. The van der Waals surface area contributed by atoms with Gasteiger partial charge in [-0.25, -0.2) is 0 Å². The third-order valence-electron chi connectivity index (χ3n) is 3.78. The fraction of sp³-hybridized carbons (Fsp3) is 0.333. The van der Waals surface area contributed by atoms with Gasteiger partial charge >= 0.3 is 6.01 Å². The molecule has 9 heteroatoms. The second kappa shape index (κ2) is 6.28. The van der Waals surface area contributed by atoms with Crippen LogP contribution in [0, 0.1) is 0 Å². The van der Waals surface area contributed by atoms with Gasteiger partial charge in [-0.15, -0.1) is 0 Å². The summed E-state index contributed by atoms with van der Waals surface area (Å²) in [5.74, 6) is 1.01. The van der Waals surface area contributed by atoms with Crippen LogP contribution >= 0.6 is 0 Å². The molecule has 3 heterocycles. The molecular weight excluding hydrogens is 310 g/mol. The molecule has 9 nitrogen and oxygen atoms in total. The lowest BCUT2D eigenvalue weighted by molar-refractivity contribution is 0.122. The predicted octanol–water partition coefficient (Wildman–Crippen LogP) is 1.34. The first-order valence-corrected chi connectivity index (χ1v) is 7.65. The zero-order chi connectivity index (χ0) is 16.4. The number of morpholine rings is 1. The van der Waals surface area contributed by atoms with E-state index < -0.39 is 0 Å². The van der Waals surface area contributed by atoms with Crippen LogP contribution in [0.3, 0.4) is 0 Å². The number of H-pyrrole nitrogens is 1. The van der Waals surface area contributed by atoms with E-state index >= 15 is 0 Å². The zero-order valence-electron chi connectivity index (χ0n) is 13.2. The van der Waals surface area contributed by atoms with Crippen LogP contribution in [0.15, 0.2) is 24.4 Å². The molecule has 0 radical (unpaired) electrons. The second-order valence-corrected chi connectivity index (χ2v) is 5.34. The standard InChI is InChI=1S/C15H17N7O2/c1-23-15-19-13(18-14(20-15)22-4-6-24-7-5-22)17-11-3-2-10-9-16-21-12(10)8-11/h2-3,8-9H,4-7H2,1H3,(H,16,21)(H,17,18,19,20). The Hall–Kier alpha value is -2.94. The molecule has 0 amide bonds. The maximum absolute atomic E-state index is 5.37. The first-order valence-electron chi connectivity index (χ1n) is 7.65. The molecule has 124 valence electrons. The number of hydrogen-bond donors (Lipinski definition) is 2. The smallest absolute Gasteiger partial charge is 0.322 e. The lowest BCUT2D eigenvalue weighted by atomic mass is 10.2. The Morgan fingerprint density at radius 2 is 2.08 bits per heavy atom. The summed E-state index contributed by atoms with van der Waals surface area (Å²) in [6.45, 7) is 2.81. The van der Waals surface area contributed by atoms with Crippen LogP contribution in [0.1, 0.15) is 0 Å². The van der Waals surface area contributed by atoms with Crippen molar-refractivity contribution in [3.63, 3.8) is 0 Å². The van der Waals surface area contributed by atoms with Gasteiger partial charge < -0.3 is 19.7 Å². The van der Waals surface area contributed by atoms with Crippen molar-refractivity contribution in [2.75, 3.05) is 43.6 Å². The van der Waals surface area contributed by atoms with Crippen LogP contribution in [-0.2, 0) is 4.74 Å². The minimum Gasteiger partial charge on any atom is -0.467 e. The highest BCUT2D eigenvalue weighted by molar-refractivity contribution is 5.82. The van der Waals surface area contributed by atoms with E-state index in [1.54, 1.807) is 13.3 Å². The molecule has 1 aliphatic rings. The number of hydrogen-bond acceptors (Lipinski definition) is 8. The van der Waals surface area contributed by atoms with Crippen molar-refractivity contribution in [1.29, 1.82) is 0 Å². The number of fused-ring (bicyclic) bond motifs is 1. The third-order valence-corrected chi connectivity index (χ3v) is 3.78. The fourth-order valence-electron chi connectivity index (χ4n) is 2.54. The van der Waals surface area contributed by atoms with Gasteiger partial charge in [0.15, 0.2) is 0 Å². The van der Waals surface area contributed by atoms with Gasteiger partial charge in [-0.1, -0.05) is 0 Å². The molecule has 1 fully saturated rings. The molecule has 1 aliphatic heterocycles. The molecule has 0 bridgehead atoms. The summed E-state index contributed by atoms with van der Waals surface area (Å²) in [6, 6.07) is 6.15. The number of aromatic nitrogens is 5. The summed E-state index contributed by atoms with van der Waals surface area (Å²) < 4.78 is 10.6. The largest absolute Gasteiger partial charge is 0.467 e. The van der Waals surface area contributed by atoms with E-state index in [1.807, 2.05) is 18.2 Å². The molecule has 0 atom stereocenters. The monoisotopic (exact) mass is 327 g/mol. The van der Waals surface area contributed by atoms with Gasteiger partial charge in [-0.2, -0.15) is 20.1 Å². The van der Waals surface area contributed by atoms with Crippen molar-refractivity contribution in [2.45, 2.75) is 0 Å². The third kappa shape index (κ3) is 2.93. The molecular formula is C15H17N7O2. The molecule has 0 spiro atoms. The van der Waals surface area contributed by atoms with Crippen LogP contribution in [0.4, 0.5) is 17.6 Å². The number of benzene rings is 1. The summed E-state index contributed by atoms with van der Waals surface area (Å²) in [5, 5.41) is 11.2. The van der Waals surface area contributed by atoms with Gasteiger partial charge in [0.25, 0.3) is 0 Å². The number of methoxy groups -OCH3 is 1. The van der Waals surface area contributed by atoms with Gasteiger partial charge in [-0.05, 0) is 18.2 Å².